The Bertz CT molecular complexity index is 589. The maximum atomic E-state index is 12.2. The highest BCUT2D eigenvalue weighted by Gasteiger charge is 2.25. The lowest BCUT2D eigenvalue weighted by Gasteiger charge is -2.21. The van der Waals surface area contributed by atoms with Gasteiger partial charge in [-0.15, -0.1) is 0 Å². The van der Waals surface area contributed by atoms with Crippen LogP contribution in [0.25, 0.3) is 0 Å². The van der Waals surface area contributed by atoms with E-state index in [2.05, 4.69) is 10.6 Å². The van der Waals surface area contributed by atoms with Gasteiger partial charge in [-0.05, 0) is 24.8 Å². The van der Waals surface area contributed by atoms with Crippen molar-refractivity contribution in [3.05, 3.63) is 35.9 Å². The molecule has 5 N–H and O–H groups in total. The zero-order chi connectivity index (χ0) is 19.0. The molecular weight excluding hydrogens is 322 g/mol. The Morgan fingerprint density at radius 3 is 2.16 bits per heavy atom. The smallest absolute Gasteiger partial charge is 0.326 e. The fourth-order valence-electron chi connectivity index (χ4n) is 2.35. The second-order valence-electron chi connectivity index (χ2n) is 6.56. The van der Waals surface area contributed by atoms with Crippen molar-refractivity contribution in [2.45, 2.75) is 51.7 Å². The van der Waals surface area contributed by atoms with Gasteiger partial charge in [-0.25, -0.2) is 4.79 Å². The van der Waals surface area contributed by atoms with Crippen LogP contribution >= 0.6 is 0 Å². The van der Waals surface area contributed by atoms with Crippen molar-refractivity contribution in [3.63, 3.8) is 0 Å². The molecule has 138 valence electrons. The molecule has 1 rings (SSSR count). The minimum Gasteiger partial charge on any atom is -0.480 e. The van der Waals surface area contributed by atoms with Crippen LogP contribution in [0.5, 0.6) is 0 Å². The first-order chi connectivity index (χ1) is 11.7. The number of aliphatic carboxylic acids is 1. The van der Waals surface area contributed by atoms with Crippen LogP contribution in [0.1, 0.15) is 32.8 Å². The summed E-state index contributed by atoms with van der Waals surface area (Å²) in [6.45, 7) is 5.39. The summed E-state index contributed by atoms with van der Waals surface area (Å²) < 4.78 is 0. The van der Waals surface area contributed by atoms with Gasteiger partial charge in [-0.1, -0.05) is 44.2 Å². The van der Waals surface area contributed by atoms with Gasteiger partial charge in [0.1, 0.15) is 12.1 Å². The molecule has 25 heavy (non-hydrogen) atoms. The molecule has 0 aromatic heterocycles. The van der Waals surface area contributed by atoms with Gasteiger partial charge in [0, 0.05) is 6.42 Å². The van der Waals surface area contributed by atoms with Crippen LogP contribution in [0.15, 0.2) is 30.3 Å². The quantitative estimate of drug-likeness (QED) is 0.522. The van der Waals surface area contributed by atoms with Crippen molar-refractivity contribution >= 4 is 17.8 Å². The summed E-state index contributed by atoms with van der Waals surface area (Å²) in [5.41, 5.74) is 6.58. The highest BCUT2D eigenvalue weighted by molar-refractivity contribution is 5.91. The van der Waals surface area contributed by atoms with Crippen LogP contribution in [0.4, 0.5) is 0 Å². The van der Waals surface area contributed by atoms with Crippen molar-refractivity contribution in [1.82, 2.24) is 10.6 Å². The largest absolute Gasteiger partial charge is 0.480 e. The molecule has 0 spiro atoms. The van der Waals surface area contributed by atoms with E-state index in [0.29, 0.717) is 6.42 Å². The van der Waals surface area contributed by atoms with Gasteiger partial charge in [0.05, 0.1) is 6.04 Å². The Balaban J connectivity index is 2.61. The minimum absolute atomic E-state index is 0.162. The fraction of sp³-hybridized carbons (Fsp3) is 0.500. The van der Waals surface area contributed by atoms with Gasteiger partial charge in [0.25, 0.3) is 0 Å². The summed E-state index contributed by atoms with van der Waals surface area (Å²) in [5.74, 6) is -1.86. The van der Waals surface area contributed by atoms with E-state index < -0.39 is 35.9 Å². The van der Waals surface area contributed by atoms with Crippen LogP contribution in [0, 0.1) is 5.92 Å². The molecule has 7 nitrogen and oxygen atoms in total. The Morgan fingerprint density at radius 2 is 1.64 bits per heavy atom. The number of amides is 2. The topological polar surface area (TPSA) is 122 Å². The average Bonchev–Trinajstić information content (AvgIpc) is 2.54. The molecule has 1 aromatic rings. The lowest BCUT2D eigenvalue weighted by molar-refractivity contribution is -0.142. The average molecular weight is 349 g/mol. The molecule has 0 saturated carbocycles. The number of benzene rings is 1. The number of nitrogens with one attached hydrogen (secondary N) is 2. The van der Waals surface area contributed by atoms with Crippen molar-refractivity contribution in [2.75, 3.05) is 0 Å². The first-order valence-corrected chi connectivity index (χ1v) is 8.33. The van der Waals surface area contributed by atoms with Crippen LogP contribution in [-0.4, -0.2) is 41.0 Å². The van der Waals surface area contributed by atoms with Crippen molar-refractivity contribution < 1.29 is 19.5 Å². The Morgan fingerprint density at radius 1 is 1.04 bits per heavy atom. The maximum absolute atomic E-state index is 12.2. The number of rotatable bonds is 9. The number of hydrogen-bond acceptors (Lipinski definition) is 4. The molecule has 0 radical (unpaired) electrons. The van der Waals surface area contributed by atoms with Crippen molar-refractivity contribution in [3.8, 4) is 0 Å². The van der Waals surface area contributed by atoms with Gasteiger partial charge >= 0.3 is 5.97 Å². The standard InChI is InChI=1S/C18H27N3O4/c1-11(2)9-14(19)17(23)20-12(3)16(22)21-15(18(24)25)10-13-7-5-4-6-8-13/h4-8,11-12,14-15H,9-10,19H2,1-3H3,(H,20,23)(H,21,22)(H,24,25). The molecule has 3 atom stereocenters. The number of carbonyl (C=O) groups is 3. The zero-order valence-corrected chi connectivity index (χ0v) is 14.9. The van der Waals surface area contributed by atoms with E-state index in [0.717, 1.165) is 5.56 Å². The van der Waals surface area contributed by atoms with Crippen LogP contribution < -0.4 is 16.4 Å². The summed E-state index contributed by atoms with van der Waals surface area (Å²) in [6, 6.07) is 6.37. The molecule has 0 bridgehead atoms. The third-order valence-electron chi connectivity index (χ3n) is 3.71. The number of carbonyl (C=O) groups excluding carboxylic acids is 2. The van der Waals surface area contributed by atoms with Gasteiger partial charge in [0.2, 0.25) is 11.8 Å². The van der Waals surface area contributed by atoms with E-state index in [1.807, 2.05) is 19.9 Å². The molecule has 3 unspecified atom stereocenters. The van der Waals surface area contributed by atoms with Crippen molar-refractivity contribution in [2.24, 2.45) is 11.7 Å². The van der Waals surface area contributed by atoms with Gasteiger partial charge < -0.3 is 21.5 Å². The second-order valence-corrected chi connectivity index (χ2v) is 6.56. The first kappa shape index (κ1) is 20.6. The summed E-state index contributed by atoms with van der Waals surface area (Å²) in [5, 5.41) is 14.3. The Labute approximate surface area is 148 Å². The molecule has 7 heteroatoms. The zero-order valence-electron chi connectivity index (χ0n) is 14.9. The van der Waals surface area contributed by atoms with Crippen molar-refractivity contribution in [1.29, 1.82) is 0 Å². The normalized spacial score (nSPS) is 14.4. The molecule has 0 fully saturated rings. The molecule has 0 aliphatic heterocycles. The van der Waals surface area contributed by atoms with Crippen LogP contribution in [0.3, 0.4) is 0 Å². The molecule has 2 amide bonds. The number of nitrogens with two attached hydrogens (primary N) is 1. The van der Waals surface area contributed by atoms with E-state index in [4.69, 9.17) is 5.73 Å². The molecule has 1 aromatic carbocycles. The SMILES string of the molecule is CC(C)CC(N)C(=O)NC(C)C(=O)NC(Cc1ccccc1)C(=O)O. The number of carboxylic acid groups (broad SMARTS) is 1. The Hall–Kier alpha value is -2.41. The lowest BCUT2D eigenvalue weighted by atomic mass is 10.0. The van der Waals surface area contributed by atoms with E-state index in [1.165, 1.54) is 6.92 Å². The monoisotopic (exact) mass is 349 g/mol. The molecule has 0 aliphatic carbocycles. The predicted molar refractivity (Wildman–Crippen MR) is 94.7 cm³/mol. The molecular formula is C18H27N3O4. The fourth-order valence-corrected chi connectivity index (χ4v) is 2.35. The minimum atomic E-state index is -1.13. The number of carboxylic acids is 1. The third-order valence-corrected chi connectivity index (χ3v) is 3.71. The molecule has 0 aliphatic rings. The Kier molecular flexibility index (Phi) is 8.07. The summed E-state index contributed by atoms with van der Waals surface area (Å²) >= 11 is 0. The highest BCUT2D eigenvalue weighted by atomic mass is 16.4. The van der Waals surface area contributed by atoms with Gasteiger partial charge in [0.15, 0.2) is 0 Å². The third kappa shape index (κ3) is 7.34. The van der Waals surface area contributed by atoms with Gasteiger partial charge in [-0.2, -0.15) is 0 Å². The number of hydrogen-bond donors (Lipinski definition) is 4. The summed E-state index contributed by atoms with van der Waals surface area (Å²) in [7, 11) is 0. The summed E-state index contributed by atoms with van der Waals surface area (Å²) in [6.07, 6.45) is 0.668. The van der Waals surface area contributed by atoms with E-state index in [9.17, 15) is 19.5 Å². The lowest BCUT2D eigenvalue weighted by Crippen LogP contribution is -2.53. The molecule has 0 heterocycles. The first-order valence-electron chi connectivity index (χ1n) is 8.33. The van der Waals surface area contributed by atoms with E-state index in [1.54, 1.807) is 24.3 Å². The highest BCUT2D eigenvalue weighted by Crippen LogP contribution is 2.05. The van der Waals surface area contributed by atoms with Crippen LogP contribution in [0.2, 0.25) is 0 Å². The van der Waals surface area contributed by atoms with Gasteiger partial charge in [-0.3, -0.25) is 9.59 Å². The second kappa shape index (κ2) is 9.78. The maximum Gasteiger partial charge on any atom is 0.326 e. The molecule has 0 saturated heterocycles. The predicted octanol–water partition coefficient (Wildman–Crippen LogP) is 0.677. The van der Waals surface area contributed by atoms with E-state index in [-0.39, 0.29) is 12.3 Å². The van der Waals surface area contributed by atoms with E-state index >= 15 is 0 Å². The summed E-state index contributed by atoms with van der Waals surface area (Å²) in [4.78, 5) is 35.6. The van der Waals surface area contributed by atoms with Crippen LogP contribution in [-0.2, 0) is 20.8 Å².